The minimum Gasteiger partial charge on any atom is -0.388 e. The number of aliphatic hydroxyl groups excluding tert-OH is 1. The summed E-state index contributed by atoms with van der Waals surface area (Å²) in [7, 11) is 0. The van der Waals surface area contributed by atoms with Crippen molar-refractivity contribution in [3.05, 3.63) is 33.3 Å². The normalized spacial score (nSPS) is 14.9. The van der Waals surface area contributed by atoms with Crippen LogP contribution in [0.4, 0.5) is 0 Å². The van der Waals surface area contributed by atoms with Crippen LogP contribution in [-0.2, 0) is 0 Å². The first-order chi connectivity index (χ1) is 7.47. The van der Waals surface area contributed by atoms with Gasteiger partial charge in [0, 0.05) is 4.47 Å². The zero-order chi connectivity index (χ0) is 12.3. The minimum absolute atomic E-state index is 0.324. The molecule has 2 atom stereocenters. The topological polar surface area (TPSA) is 20.2 Å². The summed E-state index contributed by atoms with van der Waals surface area (Å²) in [5, 5.41) is 10.2. The lowest BCUT2D eigenvalue weighted by molar-refractivity contribution is 0.112. The molecule has 1 rings (SSSR count). The van der Waals surface area contributed by atoms with E-state index < -0.39 is 0 Å². The number of aryl methyl sites for hydroxylation is 2. The van der Waals surface area contributed by atoms with Crippen LogP contribution in [0.2, 0.25) is 0 Å². The largest absolute Gasteiger partial charge is 0.388 e. The summed E-state index contributed by atoms with van der Waals surface area (Å²) in [5.41, 5.74) is 3.43. The Bertz CT molecular complexity index is 337. The molecule has 0 spiro atoms. The van der Waals surface area contributed by atoms with E-state index in [4.69, 9.17) is 0 Å². The monoisotopic (exact) mass is 284 g/mol. The molecule has 0 aromatic heterocycles. The summed E-state index contributed by atoms with van der Waals surface area (Å²) in [6.45, 7) is 8.40. The highest BCUT2D eigenvalue weighted by Gasteiger charge is 2.16. The number of benzene rings is 1. The Hall–Kier alpha value is -0.340. The fourth-order valence-electron chi connectivity index (χ4n) is 2.09. The van der Waals surface area contributed by atoms with E-state index in [-0.39, 0.29) is 6.10 Å². The van der Waals surface area contributed by atoms with Crippen molar-refractivity contribution in [3.8, 4) is 0 Å². The summed E-state index contributed by atoms with van der Waals surface area (Å²) in [6.07, 6.45) is 1.84. The summed E-state index contributed by atoms with van der Waals surface area (Å²) < 4.78 is 1.14. The molecule has 0 aliphatic carbocycles. The average molecular weight is 285 g/mol. The molecule has 0 bridgehead atoms. The molecule has 0 saturated carbocycles. The lowest BCUT2D eigenvalue weighted by Crippen LogP contribution is -2.09. The van der Waals surface area contributed by atoms with Gasteiger partial charge in [0.15, 0.2) is 0 Å². The SMILES string of the molecule is CCCC(C)C(O)c1cc(C)c(Br)c(C)c1. The van der Waals surface area contributed by atoms with Crippen molar-refractivity contribution >= 4 is 15.9 Å². The molecule has 0 amide bonds. The Morgan fingerprint density at radius 3 is 2.19 bits per heavy atom. The first kappa shape index (κ1) is 13.7. The molecule has 2 unspecified atom stereocenters. The van der Waals surface area contributed by atoms with Crippen molar-refractivity contribution in [2.45, 2.75) is 46.6 Å². The summed E-state index contributed by atoms with van der Waals surface area (Å²) >= 11 is 3.55. The molecule has 0 radical (unpaired) electrons. The van der Waals surface area contributed by atoms with E-state index in [1.807, 2.05) is 0 Å². The molecular formula is C14H21BrO. The highest BCUT2D eigenvalue weighted by molar-refractivity contribution is 9.10. The molecule has 0 saturated heterocycles. The molecule has 1 nitrogen and oxygen atoms in total. The maximum absolute atomic E-state index is 10.2. The van der Waals surface area contributed by atoms with Crippen LogP contribution in [0.15, 0.2) is 16.6 Å². The standard InChI is InChI=1S/C14H21BrO/c1-5-6-9(2)14(16)12-7-10(3)13(15)11(4)8-12/h7-9,14,16H,5-6H2,1-4H3. The molecule has 0 fully saturated rings. The predicted molar refractivity (Wildman–Crippen MR) is 72.6 cm³/mol. The molecule has 90 valence electrons. The highest BCUT2D eigenvalue weighted by atomic mass is 79.9. The zero-order valence-corrected chi connectivity index (χ0v) is 12.1. The van der Waals surface area contributed by atoms with Crippen molar-refractivity contribution in [1.82, 2.24) is 0 Å². The van der Waals surface area contributed by atoms with Crippen molar-refractivity contribution in [3.63, 3.8) is 0 Å². The van der Waals surface area contributed by atoms with Gasteiger partial charge in [-0.05, 0) is 42.9 Å². The third kappa shape index (κ3) is 3.08. The molecule has 1 aromatic carbocycles. The fraction of sp³-hybridized carbons (Fsp3) is 0.571. The number of halogens is 1. The number of rotatable bonds is 4. The van der Waals surface area contributed by atoms with E-state index in [0.717, 1.165) is 22.9 Å². The van der Waals surface area contributed by atoms with Gasteiger partial charge in [-0.15, -0.1) is 0 Å². The second-order valence-electron chi connectivity index (χ2n) is 4.68. The van der Waals surface area contributed by atoms with Gasteiger partial charge in [0.25, 0.3) is 0 Å². The van der Waals surface area contributed by atoms with Crippen LogP contribution in [0.1, 0.15) is 49.5 Å². The first-order valence-corrected chi connectivity index (χ1v) is 6.71. The van der Waals surface area contributed by atoms with Crippen LogP contribution in [0, 0.1) is 19.8 Å². The number of hydrogen-bond donors (Lipinski definition) is 1. The Balaban J connectivity index is 2.96. The van der Waals surface area contributed by atoms with Crippen molar-refractivity contribution in [2.24, 2.45) is 5.92 Å². The lowest BCUT2D eigenvalue weighted by Gasteiger charge is -2.20. The zero-order valence-electron chi connectivity index (χ0n) is 10.5. The summed E-state index contributed by atoms with van der Waals surface area (Å²) in [6, 6.07) is 4.15. The van der Waals surface area contributed by atoms with Crippen LogP contribution in [0.5, 0.6) is 0 Å². The summed E-state index contributed by atoms with van der Waals surface area (Å²) in [4.78, 5) is 0. The Labute approximate surface area is 107 Å². The van der Waals surface area contributed by atoms with E-state index in [0.29, 0.717) is 5.92 Å². The molecular weight excluding hydrogens is 264 g/mol. The highest BCUT2D eigenvalue weighted by Crippen LogP contribution is 2.30. The van der Waals surface area contributed by atoms with Crippen LogP contribution < -0.4 is 0 Å². The smallest absolute Gasteiger partial charge is 0.0815 e. The van der Waals surface area contributed by atoms with Gasteiger partial charge in [-0.2, -0.15) is 0 Å². The Kier molecular flexibility index (Phi) is 5.00. The Morgan fingerprint density at radius 1 is 1.25 bits per heavy atom. The van der Waals surface area contributed by atoms with Gasteiger partial charge in [0.1, 0.15) is 0 Å². The van der Waals surface area contributed by atoms with Gasteiger partial charge in [-0.1, -0.05) is 48.3 Å². The van der Waals surface area contributed by atoms with Gasteiger partial charge in [0.2, 0.25) is 0 Å². The van der Waals surface area contributed by atoms with Gasteiger partial charge in [0.05, 0.1) is 6.10 Å². The van der Waals surface area contributed by atoms with E-state index in [1.54, 1.807) is 0 Å². The quantitative estimate of drug-likeness (QED) is 0.861. The predicted octanol–water partition coefficient (Wildman–Crippen LogP) is 4.54. The van der Waals surface area contributed by atoms with Gasteiger partial charge in [-0.25, -0.2) is 0 Å². The Morgan fingerprint density at radius 2 is 1.75 bits per heavy atom. The first-order valence-electron chi connectivity index (χ1n) is 5.92. The maximum Gasteiger partial charge on any atom is 0.0815 e. The van der Waals surface area contributed by atoms with Crippen LogP contribution in [0.3, 0.4) is 0 Å². The third-order valence-corrected chi connectivity index (χ3v) is 4.33. The molecule has 16 heavy (non-hydrogen) atoms. The second kappa shape index (κ2) is 5.83. The van der Waals surface area contributed by atoms with Gasteiger partial charge >= 0.3 is 0 Å². The second-order valence-corrected chi connectivity index (χ2v) is 5.47. The molecule has 1 N–H and O–H groups in total. The lowest BCUT2D eigenvalue weighted by atomic mass is 9.92. The number of aliphatic hydroxyl groups is 1. The van der Waals surface area contributed by atoms with E-state index in [9.17, 15) is 5.11 Å². The minimum atomic E-state index is -0.342. The van der Waals surface area contributed by atoms with Crippen molar-refractivity contribution < 1.29 is 5.11 Å². The van der Waals surface area contributed by atoms with Crippen molar-refractivity contribution in [2.75, 3.05) is 0 Å². The van der Waals surface area contributed by atoms with E-state index in [2.05, 4.69) is 55.8 Å². The average Bonchev–Trinajstić information content (AvgIpc) is 2.24. The van der Waals surface area contributed by atoms with Gasteiger partial charge in [-0.3, -0.25) is 0 Å². The van der Waals surface area contributed by atoms with Gasteiger partial charge < -0.3 is 5.11 Å². The van der Waals surface area contributed by atoms with E-state index >= 15 is 0 Å². The van der Waals surface area contributed by atoms with Crippen LogP contribution in [-0.4, -0.2) is 5.11 Å². The van der Waals surface area contributed by atoms with Crippen LogP contribution in [0.25, 0.3) is 0 Å². The molecule has 0 heterocycles. The van der Waals surface area contributed by atoms with E-state index in [1.165, 1.54) is 11.1 Å². The molecule has 0 aliphatic heterocycles. The molecule has 1 aromatic rings. The van der Waals surface area contributed by atoms with Crippen LogP contribution >= 0.6 is 15.9 Å². The molecule has 2 heteroatoms. The van der Waals surface area contributed by atoms with Crippen molar-refractivity contribution in [1.29, 1.82) is 0 Å². The summed E-state index contributed by atoms with van der Waals surface area (Å²) in [5.74, 6) is 0.324. The maximum atomic E-state index is 10.2. The molecule has 0 aliphatic rings. The number of hydrogen-bond acceptors (Lipinski definition) is 1. The third-order valence-electron chi connectivity index (χ3n) is 3.08. The fourth-order valence-corrected chi connectivity index (χ4v) is 2.32.